The van der Waals surface area contributed by atoms with Crippen molar-refractivity contribution in [2.45, 2.75) is 0 Å². The van der Waals surface area contributed by atoms with Crippen molar-refractivity contribution in [2.24, 2.45) is 0 Å². The summed E-state index contributed by atoms with van der Waals surface area (Å²) in [5.74, 6) is 0. The van der Waals surface area contributed by atoms with Gasteiger partial charge in [0, 0.05) is 12.3 Å². The first-order valence-corrected chi connectivity index (χ1v) is 1.45. The van der Waals surface area contributed by atoms with Crippen molar-refractivity contribution in [3.8, 4) is 0 Å². The molecule has 1 heterocycles. The molecule has 1 heteroatoms. The molecular weight excluding hydrogens is 75.1 g/mol. The van der Waals surface area contributed by atoms with Crippen LogP contribution in [0.25, 0.3) is 0 Å². The Morgan fingerprint density at radius 3 is 2.50 bits per heavy atom. The minimum Gasteiger partial charge on any atom is -0.265 e. The van der Waals surface area contributed by atoms with Crippen molar-refractivity contribution in [2.75, 3.05) is 0 Å². The van der Waals surface area contributed by atoms with Crippen LogP contribution in [0.5, 0.6) is 0 Å². The number of pyridine rings is 1. The van der Waals surface area contributed by atoms with Crippen molar-refractivity contribution in [1.82, 2.24) is 4.98 Å². The highest BCUT2D eigenvalue weighted by Gasteiger charge is 1.58. The normalized spacial score (nSPS) is 19.7. The smallest absolute Gasteiger partial charge is 0.0840 e. The topological polar surface area (TPSA) is 12.9 Å². The molecule has 0 fully saturated rings. The Balaban J connectivity index is 3.46. The molecule has 0 spiro atoms. The first kappa shape index (κ1) is 0.861. The van der Waals surface area contributed by atoms with Gasteiger partial charge < -0.3 is 0 Å². The van der Waals surface area contributed by atoms with Gasteiger partial charge in [-0.25, -0.2) is 0 Å². The van der Waals surface area contributed by atoms with Crippen LogP contribution in [-0.2, 0) is 0 Å². The average molecular weight is 85.1 g/mol. The Kier molecular flexibility index (Phi) is 0.223. The molecular formula is C5H5N. The van der Waals surface area contributed by atoms with Gasteiger partial charge in [0.1, 0.15) is 0 Å². The quantitative estimate of drug-likeness (QED) is 0.459. The fourth-order valence-electron chi connectivity index (χ4n) is 0.171. The van der Waals surface area contributed by atoms with E-state index in [1.807, 2.05) is 0 Å². The van der Waals surface area contributed by atoms with E-state index in [4.69, 9.17) is 6.85 Å². The molecule has 30 valence electrons. The van der Waals surface area contributed by atoms with Gasteiger partial charge >= 0.3 is 0 Å². The standard InChI is InChI=1S/C5H5N/c1-2-4-6-5-3-1/h1-5H/i1D,2D,3D,4D,5D,6+1. The van der Waals surface area contributed by atoms with Crippen LogP contribution in [0.3, 0.4) is 0 Å². The second-order valence-corrected chi connectivity index (χ2v) is 0.710. The molecule has 1 aromatic rings. The van der Waals surface area contributed by atoms with Crippen LogP contribution >= 0.6 is 0 Å². The summed E-state index contributed by atoms with van der Waals surface area (Å²) in [6.07, 6.45) is -0.841. The van der Waals surface area contributed by atoms with Crippen LogP contribution in [0.2, 0.25) is 0 Å². The van der Waals surface area contributed by atoms with E-state index in [-0.39, 0.29) is 0 Å². The van der Waals surface area contributed by atoms with Crippen LogP contribution in [0, 0.1) is 0 Å². The van der Waals surface area contributed by atoms with E-state index in [1.165, 1.54) is 0 Å². The van der Waals surface area contributed by atoms with Crippen LogP contribution in [0.1, 0.15) is 6.85 Å². The summed E-state index contributed by atoms with van der Waals surface area (Å²) in [4.78, 5) is 3.27. The highest BCUT2D eigenvalue weighted by atomic mass is 15.4. The second-order valence-electron chi connectivity index (χ2n) is 0.710. The van der Waals surface area contributed by atoms with Gasteiger partial charge in [0.15, 0.2) is 0 Å². The first-order valence-electron chi connectivity index (χ1n) is 3.95. The average Bonchev–Trinajstić information content (AvgIpc) is 1.97. The summed E-state index contributed by atoms with van der Waals surface area (Å²) in [6.45, 7) is 0. The van der Waals surface area contributed by atoms with Gasteiger partial charge in [-0.05, 0) is 12.1 Å². The van der Waals surface area contributed by atoms with Gasteiger partial charge in [0.25, 0.3) is 0 Å². The molecule has 0 N–H and O–H groups in total. The number of hydrogen-bond acceptors (Lipinski definition) is 1. The molecule has 1 nitrogen and oxygen atoms in total. The largest absolute Gasteiger partial charge is 0.265 e. The zero-order chi connectivity index (χ0) is 8.59. The van der Waals surface area contributed by atoms with Gasteiger partial charge in [0.05, 0.1) is 6.85 Å². The van der Waals surface area contributed by atoms with E-state index in [1.54, 1.807) is 0 Å². The Bertz CT molecular complexity index is 271. The van der Waals surface area contributed by atoms with Crippen LogP contribution in [0.15, 0.2) is 30.5 Å². The van der Waals surface area contributed by atoms with E-state index >= 15 is 0 Å². The van der Waals surface area contributed by atoms with Gasteiger partial charge in [-0.3, -0.25) is 4.98 Å². The molecule has 0 aliphatic rings. The summed E-state index contributed by atoms with van der Waals surface area (Å²) >= 11 is 0. The number of nitrogens with zero attached hydrogens (tertiary/aromatic N) is 1. The SMILES string of the molecule is [2H]c1[15n]c([2H])c([2H])c([2H])c1[2H]. The predicted octanol–water partition coefficient (Wildman–Crippen LogP) is 1.08. The number of hydrogen-bond donors (Lipinski definition) is 0. The molecule has 0 aromatic carbocycles. The van der Waals surface area contributed by atoms with E-state index in [0.717, 1.165) is 0 Å². The molecule has 0 saturated heterocycles. The second kappa shape index (κ2) is 1.55. The molecule has 0 radical (unpaired) electrons. The third-order valence-electron chi connectivity index (χ3n) is 0.349. The molecule has 0 unspecified atom stereocenters. The van der Waals surface area contributed by atoms with E-state index in [9.17, 15) is 0 Å². The number of aromatic nitrogens is 1. The van der Waals surface area contributed by atoms with Crippen molar-refractivity contribution < 1.29 is 6.85 Å². The maximum absolute atomic E-state index is 7.07. The summed E-state index contributed by atoms with van der Waals surface area (Å²) in [7, 11) is 0. The van der Waals surface area contributed by atoms with Crippen molar-refractivity contribution in [1.29, 1.82) is 0 Å². The molecule has 0 aliphatic heterocycles. The minimum absolute atomic E-state index is 0.397. The Hall–Kier alpha value is -0.850. The van der Waals surface area contributed by atoms with Crippen molar-refractivity contribution >= 4 is 0 Å². The lowest BCUT2D eigenvalue weighted by molar-refractivity contribution is 1.33. The third kappa shape index (κ3) is 0.549. The Morgan fingerprint density at radius 2 is 1.83 bits per heavy atom. The van der Waals surface area contributed by atoms with Crippen LogP contribution in [0.4, 0.5) is 0 Å². The zero-order valence-electron chi connectivity index (χ0n) is 7.95. The molecule has 0 aliphatic carbocycles. The van der Waals surface area contributed by atoms with Crippen molar-refractivity contribution in [3.05, 3.63) is 30.5 Å². The molecule has 1 rings (SSSR count). The molecule has 1 aromatic heterocycles. The molecule has 0 amide bonds. The van der Waals surface area contributed by atoms with E-state index in [2.05, 4.69) is 4.98 Å². The van der Waals surface area contributed by atoms with Gasteiger partial charge in [-0.1, -0.05) is 6.04 Å². The lowest BCUT2D eigenvalue weighted by atomic mass is 10.5. The van der Waals surface area contributed by atoms with Crippen molar-refractivity contribution in [3.63, 3.8) is 0 Å². The molecule has 6 heavy (non-hydrogen) atoms. The fourth-order valence-corrected chi connectivity index (χ4v) is 0.171. The van der Waals surface area contributed by atoms with E-state index < -0.39 is 30.5 Å². The monoisotopic (exact) mass is 85.1 g/mol. The summed E-state index contributed by atoms with van der Waals surface area (Å²) in [5, 5.41) is 0. The summed E-state index contributed by atoms with van der Waals surface area (Å²) < 4.78 is 35.1. The fraction of sp³-hybridized carbons (Fsp3) is 0. The highest BCUT2D eigenvalue weighted by molar-refractivity contribution is 4.88. The molecule has 0 atom stereocenters. The highest BCUT2D eigenvalue weighted by Crippen LogP contribution is 1.73. The lowest BCUT2D eigenvalue weighted by Crippen LogP contribution is -1.58. The zero-order valence-corrected chi connectivity index (χ0v) is 2.95. The van der Waals surface area contributed by atoms with Gasteiger partial charge in [-0.15, -0.1) is 0 Å². The van der Waals surface area contributed by atoms with Crippen LogP contribution < -0.4 is 0 Å². The Morgan fingerprint density at radius 1 is 1.17 bits per heavy atom. The predicted molar refractivity (Wildman–Crippen MR) is 24.2 cm³/mol. The molecule has 0 saturated carbocycles. The van der Waals surface area contributed by atoms with E-state index in [0.29, 0.717) is 0 Å². The number of rotatable bonds is 0. The lowest BCUT2D eigenvalue weighted by Gasteiger charge is -1.70. The van der Waals surface area contributed by atoms with Gasteiger partial charge in [-0.2, -0.15) is 0 Å². The minimum atomic E-state index is -0.420. The van der Waals surface area contributed by atoms with Gasteiger partial charge in [0.2, 0.25) is 0 Å². The maximum atomic E-state index is 7.07. The Labute approximate surface area is 43.7 Å². The summed E-state index contributed by atoms with van der Waals surface area (Å²) in [5.41, 5.74) is 0. The third-order valence-corrected chi connectivity index (χ3v) is 0.349. The van der Waals surface area contributed by atoms with Crippen LogP contribution in [-0.4, -0.2) is 4.98 Å². The first-order chi connectivity index (χ1) is 5.04. The summed E-state index contributed by atoms with van der Waals surface area (Å²) in [6, 6.07) is -1.20. The maximum Gasteiger partial charge on any atom is 0.0840 e. The molecule has 0 bridgehead atoms.